The summed E-state index contributed by atoms with van der Waals surface area (Å²) in [4.78, 5) is 7.95. The van der Waals surface area contributed by atoms with Crippen molar-refractivity contribution in [2.45, 2.75) is 33.1 Å². The average molecular weight is 452 g/mol. The number of nitrogens with one attached hydrogen (secondary N) is 2. The zero-order valence-corrected chi connectivity index (χ0v) is 18.7. The van der Waals surface area contributed by atoms with Crippen LogP contribution in [0.2, 0.25) is 0 Å². The number of rotatable bonds is 7. The number of halogens is 1. The fourth-order valence-corrected chi connectivity index (χ4v) is 3.36. The predicted octanol–water partition coefficient (Wildman–Crippen LogP) is 3.40. The predicted molar refractivity (Wildman–Crippen MR) is 114 cm³/mol. The van der Waals surface area contributed by atoms with Gasteiger partial charge in [0.15, 0.2) is 5.96 Å². The lowest BCUT2D eigenvalue weighted by Crippen LogP contribution is -2.47. The van der Waals surface area contributed by atoms with Gasteiger partial charge in [-0.2, -0.15) is 0 Å². The van der Waals surface area contributed by atoms with E-state index in [0.717, 1.165) is 25.6 Å². The Bertz CT molecular complexity index is 467. The monoisotopic (exact) mass is 452 g/mol. The molecule has 1 aromatic heterocycles. The molecule has 0 aliphatic heterocycles. The van der Waals surface area contributed by atoms with Gasteiger partial charge < -0.3 is 15.5 Å². The van der Waals surface area contributed by atoms with E-state index >= 15 is 0 Å². The molecule has 0 amide bonds. The van der Waals surface area contributed by atoms with Crippen molar-refractivity contribution < 1.29 is 0 Å². The van der Waals surface area contributed by atoms with Crippen LogP contribution in [0, 0.1) is 5.41 Å². The molecular weight excluding hydrogens is 419 g/mol. The fourth-order valence-electron chi connectivity index (χ4n) is 2.51. The molecule has 0 aliphatic carbocycles. The van der Waals surface area contributed by atoms with Gasteiger partial charge >= 0.3 is 0 Å². The third-order valence-corrected chi connectivity index (χ3v) is 4.82. The first-order valence-electron chi connectivity index (χ1n) is 7.79. The second kappa shape index (κ2) is 9.84. The molecule has 0 saturated carbocycles. The summed E-state index contributed by atoms with van der Waals surface area (Å²) in [6.07, 6.45) is 0. The van der Waals surface area contributed by atoms with Gasteiger partial charge in [0, 0.05) is 37.0 Å². The van der Waals surface area contributed by atoms with E-state index in [9.17, 15) is 0 Å². The van der Waals surface area contributed by atoms with Crippen LogP contribution >= 0.6 is 35.3 Å². The normalized spacial score (nSPS) is 13.0. The smallest absolute Gasteiger partial charge is 0.191 e. The second-order valence-corrected chi connectivity index (χ2v) is 8.49. The van der Waals surface area contributed by atoms with Crippen molar-refractivity contribution in [3.8, 4) is 0 Å². The quantitative estimate of drug-likeness (QED) is 0.379. The minimum atomic E-state index is 0. The van der Waals surface area contributed by atoms with Crippen LogP contribution in [-0.4, -0.2) is 51.6 Å². The first kappa shape index (κ1) is 22.7. The molecule has 4 nitrogen and oxygen atoms in total. The molecule has 0 atom stereocenters. The van der Waals surface area contributed by atoms with Gasteiger partial charge in [-0.25, -0.2) is 0 Å². The van der Waals surface area contributed by atoms with Crippen LogP contribution in [0.25, 0.3) is 0 Å². The summed E-state index contributed by atoms with van der Waals surface area (Å²) < 4.78 is 0. The lowest BCUT2D eigenvalue weighted by atomic mass is 9.91. The highest BCUT2D eigenvalue weighted by Gasteiger charge is 2.23. The molecule has 0 aliphatic rings. The van der Waals surface area contributed by atoms with Gasteiger partial charge in [-0.05, 0) is 31.0 Å². The van der Waals surface area contributed by atoms with Crippen LogP contribution < -0.4 is 10.6 Å². The summed E-state index contributed by atoms with van der Waals surface area (Å²) in [7, 11) is 6.04. The molecule has 0 saturated heterocycles. The number of guanidine groups is 1. The van der Waals surface area contributed by atoms with Crippen molar-refractivity contribution in [3.63, 3.8) is 0 Å². The number of hydrogen-bond donors (Lipinski definition) is 2. The van der Waals surface area contributed by atoms with Crippen molar-refractivity contribution >= 4 is 41.3 Å². The van der Waals surface area contributed by atoms with Gasteiger partial charge in [-0.3, -0.25) is 4.99 Å². The van der Waals surface area contributed by atoms with Gasteiger partial charge in [0.05, 0.1) is 0 Å². The maximum Gasteiger partial charge on any atom is 0.191 e. The SMILES string of the molecule is CN=C(NCC(C)(C)CN(C)C)NCC(C)(C)c1cccs1.I. The Labute approximate surface area is 163 Å². The zero-order chi connectivity index (χ0) is 16.8. The van der Waals surface area contributed by atoms with E-state index in [0.29, 0.717) is 0 Å². The molecule has 1 aromatic rings. The second-order valence-electron chi connectivity index (χ2n) is 7.54. The summed E-state index contributed by atoms with van der Waals surface area (Å²) in [5, 5.41) is 9.04. The fraction of sp³-hybridized carbons (Fsp3) is 0.706. The molecule has 0 bridgehead atoms. The highest BCUT2D eigenvalue weighted by Crippen LogP contribution is 2.26. The van der Waals surface area contributed by atoms with E-state index in [1.54, 1.807) is 0 Å². The molecule has 134 valence electrons. The maximum absolute atomic E-state index is 4.34. The average Bonchev–Trinajstić information content (AvgIpc) is 2.91. The Kier molecular flexibility index (Phi) is 9.69. The van der Waals surface area contributed by atoms with Crippen molar-refractivity contribution in [1.82, 2.24) is 15.5 Å². The third kappa shape index (κ3) is 8.35. The number of nitrogens with zero attached hydrogens (tertiary/aromatic N) is 2. The summed E-state index contributed by atoms with van der Waals surface area (Å²) in [6, 6.07) is 4.31. The molecule has 1 rings (SSSR count). The largest absolute Gasteiger partial charge is 0.356 e. The molecule has 0 aromatic carbocycles. The number of hydrogen-bond acceptors (Lipinski definition) is 3. The zero-order valence-electron chi connectivity index (χ0n) is 15.6. The van der Waals surface area contributed by atoms with Crippen LogP contribution in [0.1, 0.15) is 32.6 Å². The van der Waals surface area contributed by atoms with E-state index < -0.39 is 0 Å². The van der Waals surface area contributed by atoms with Gasteiger partial charge in [-0.15, -0.1) is 35.3 Å². The standard InChI is InChI=1S/C17H32N4S.HI/c1-16(2,13-21(6)7)11-19-15(18-5)20-12-17(3,4)14-9-8-10-22-14;/h8-10H,11-13H2,1-7H3,(H2,18,19,20);1H. The van der Waals surface area contributed by atoms with Crippen LogP contribution in [-0.2, 0) is 5.41 Å². The first-order valence-corrected chi connectivity index (χ1v) is 8.67. The Morgan fingerprint density at radius 3 is 2.26 bits per heavy atom. The molecule has 2 N–H and O–H groups in total. The summed E-state index contributed by atoms with van der Waals surface area (Å²) in [5.41, 5.74) is 0.301. The summed E-state index contributed by atoms with van der Waals surface area (Å²) in [5.74, 6) is 0.872. The van der Waals surface area contributed by atoms with E-state index in [2.05, 4.69) is 79.8 Å². The summed E-state index contributed by atoms with van der Waals surface area (Å²) >= 11 is 1.81. The molecule has 0 spiro atoms. The van der Waals surface area contributed by atoms with Gasteiger partial charge in [-0.1, -0.05) is 33.8 Å². The topological polar surface area (TPSA) is 39.7 Å². The minimum absolute atomic E-state index is 0. The Morgan fingerprint density at radius 1 is 1.17 bits per heavy atom. The Morgan fingerprint density at radius 2 is 1.78 bits per heavy atom. The highest BCUT2D eigenvalue weighted by molar-refractivity contribution is 14.0. The van der Waals surface area contributed by atoms with Gasteiger partial charge in [0.2, 0.25) is 0 Å². The molecular formula is C17H33IN4S. The molecule has 6 heteroatoms. The van der Waals surface area contributed by atoms with E-state index in [1.165, 1.54) is 4.88 Å². The van der Waals surface area contributed by atoms with Gasteiger partial charge in [0.1, 0.15) is 0 Å². The van der Waals surface area contributed by atoms with E-state index in [4.69, 9.17) is 0 Å². The van der Waals surface area contributed by atoms with Crippen LogP contribution in [0.4, 0.5) is 0 Å². The first-order chi connectivity index (χ1) is 10.2. The van der Waals surface area contributed by atoms with Crippen LogP contribution in [0.3, 0.4) is 0 Å². The summed E-state index contributed by atoms with van der Waals surface area (Å²) in [6.45, 7) is 11.8. The van der Waals surface area contributed by atoms with Crippen LogP contribution in [0.15, 0.2) is 22.5 Å². The van der Waals surface area contributed by atoms with Crippen molar-refractivity contribution in [2.75, 3.05) is 40.8 Å². The van der Waals surface area contributed by atoms with Gasteiger partial charge in [0.25, 0.3) is 0 Å². The maximum atomic E-state index is 4.34. The van der Waals surface area contributed by atoms with E-state index in [-0.39, 0.29) is 34.8 Å². The Balaban J connectivity index is 0.00000484. The van der Waals surface area contributed by atoms with Crippen molar-refractivity contribution in [2.24, 2.45) is 10.4 Å². The lowest BCUT2D eigenvalue weighted by molar-refractivity contribution is 0.241. The van der Waals surface area contributed by atoms with E-state index in [1.807, 2.05) is 18.4 Å². The third-order valence-electron chi connectivity index (χ3n) is 3.59. The minimum Gasteiger partial charge on any atom is -0.356 e. The Hall–Kier alpha value is -0.340. The molecule has 0 radical (unpaired) electrons. The molecule has 0 fully saturated rings. The van der Waals surface area contributed by atoms with Crippen LogP contribution in [0.5, 0.6) is 0 Å². The van der Waals surface area contributed by atoms with Crippen molar-refractivity contribution in [1.29, 1.82) is 0 Å². The number of aliphatic imine (C=N–C) groups is 1. The molecule has 0 unspecified atom stereocenters. The molecule has 23 heavy (non-hydrogen) atoms. The molecule has 1 heterocycles. The van der Waals surface area contributed by atoms with Crippen molar-refractivity contribution in [3.05, 3.63) is 22.4 Å². The lowest BCUT2D eigenvalue weighted by Gasteiger charge is -2.30. The number of thiophene rings is 1. The highest BCUT2D eigenvalue weighted by atomic mass is 127.